The Bertz CT molecular complexity index is 594. The normalized spacial score (nSPS) is 21.6. The number of hydrogen-bond donors (Lipinski definition) is 1. The van der Waals surface area contributed by atoms with Crippen molar-refractivity contribution in [2.24, 2.45) is 5.73 Å². The van der Waals surface area contributed by atoms with E-state index in [9.17, 15) is 0 Å². The average Bonchev–Trinajstić information content (AvgIpc) is 2.85. The largest absolute Gasteiger partial charge is 0.497 e. The zero-order valence-electron chi connectivity index (χ0n) is 11.1. The third kappa shape index (κ3) is 2.33. The highest BCUT2D eigenvalue weighted by atomic mass is 32.1. The Morgan fingerprint density at radius 2 is 2.16 bits per heavy atom. The zero-order chi connectivity index (χ0) is 13.4. The third-order valence-electron chi connectivity index (χ3n) is 3.43. The van der Waals surface area contributed by atoms with Crippen molar-refractivity contribution in [2.45, 2.75) is 25.5 Å². The summed E-state index contributed by atoms with van der Waals surface area (Å²) in [5, 5.41) is 0. The van der Waals surface area contributed by atoms with E-state index in [1.807, 2.05) is 18.2 Å². The molecular formula is C15H17NO2S. The van der Waals surface area contributed by atoms with Crippen molar-refractivity contribution in [3.8, 4) is 11.5 Å². The maximum Gasteiger partial charge on any atom is 0.135 e. The predicted octanol–water partition coefficient (Wildman–Crippen LogP) is 3.59. The van der Waals surface area contributed by atoms with Gasteiger partial charge in [0.1, 0.15) is 17.6 Å². The van der Waals surface area contributed by atoms with Crippen LogP contribution in [0.1, 0.15) is 33.9 Å². The number of ether oxygens (including phenoxy) is 2. The molecule has 2 heterocycles. The highest BCUT2D eigenvalue weighted by molar-refractivity contribution is 7.12. The number of benzene rings is 1. The summed E-state index contributed by atoms with van der Waals surface area (Å²) in [4.78, 5) is 2.54. The van der Waals surface area contributed by atoms with Crippen LogP contribution < -0.4 is 15.2 Å². The molecule has 2 aromatic rings. The molecule has 0 radical (unpaired) electrons. The van der Waals surface area contributed by atoms with Gasteiger partial charge < -0.3 is 15.2 Å². The van der Waals surface area contributed by atoms with Crippen molar-refractivity contribution in [3.05, 3.63) is 45.6 Å². The van der Waals surface area contributed by atoms with E-state index < -0.39 is 0 Å². The fraction of sp³-hybridized carbons (Fsp3) is 0.333. The number of fused-ring (bicyclic) bond motifs is 1. The van der Waals surface area contributed by atoms with Crippen molar-refractivity contribution in [1.29, 1.82) is 0 Å². The van der Waals surface area contributed by atoms with E-state index in [0.29, 0.717) is 0 Å². The Hall–Kier alpha value is -1.52. The fourth-order valence-corrected chi connectivity index (χ4v) is 3.33. The molecule has 0 aliphatic carbocycles. The first-order chi connectivity index (χ1) is 9.17. The minimum absolute atomic E-state index is 0.00810. The van der Waals surface area contributed by atoms with Crippen molar-refractivity contribution in [2.75, 3.05) is 7.11 Å². The maximum absolute atomic E-state index is 6.27. The summed E-state index contributed by atoms with van der Waals surface area (Å²) in [7, 11) is 1.66. The van der Waals surface area contributed by atoms with Crippen LogP contribution in [-0.2, 0) is 0 Å². The van der Waals surface area contributed by atoms with Crippen LogP contribution in [0, 0.1) is 6.92 Å². The quantitative estimate of drug-likeness (QED) is 0.911. The van der Waals surface area contributed by atoms with E-state index in [4.69, 9.17) is 15.2 Å². The van der Waals surface area contributed by atoms with Gasteiger partial charge in [0.2, 0.25) is 0 Å². The number of aryl methyl sites for hydroxylation is 1. The molecule has 0 bridgehead atoms. The number of rotatable bonds is 2. The van der Waals surface area contributed by atoms with E-state index in [0.717, 1.165) is 23.5 Å². The molecular weight excluding hydrogens is 258 g/mol. The van der Waals surface area contributed by atoms with Crippen LogP contribution in [-0.4, -0.2) is 7.11 Å². The molecule has 0 fully saturated rings. The fourth-order valence-electron chi connectivity index (χ4n) is 2.41. The lowest BCUT2D eigenvalue weighted by Crippen LogP contribution is -2.23. The summed E-state index contributed by atoms with van der Waals surface area (Å²) in [5.41, 5.74) is 7.30. The van der Waals surface area contributed by atoms with Gasteiger partial charge in [-0.15, -0.1) is 11.3 Å². The molecule has 0 spiro atoms. The Labute approximate surface area is 117 Å². The summed E-state index contributed by atoms with van der Waals surface area (Å²) in [6.45, 7) is 2.11. The molecule has 4 heteroatoms. The summed E-state index contributed by atoms with van der Waals surface area (Å²) >= 11 is 1.77. The average molecular weight is 275 g/mol. The van der Waals surface area contributed by atoms with Crippen LogP contribution in [0.2, 0.25) is 0 Å². The SMILES string of the molecule is COc1ccc2c(c1)C(N)CC(c1ccc(C)s1)O2. The molecule has 3 nitrogen and oxygen atoms in total. The summed E-state index contributed by atoms with van der Waals surface area (Å²) < 4.78 is 11.3. The maximum atomic E-state index is 6.27. The van der Waals surface area contributed by atoms with Crippen LogP contribution in [0.3, 0.4) is 0 Å². The van der Waals surface area contributed by atoms with Crippen molar-refractivity contribution < 1.29 is 9.47 Å². The Balaban J connectivity index is 1.92. The van der Waals surface area contributed by atoms with Gasteiger partial charge in [-0.3, -0.25) is 0 Å². The minimum Gasteiger partial charge on any atom is -0.497 e. The lowest BCUT2D eigenvalue weighted by molar-refractivity contribution is 0.164. The third-order valence-corrected chi connectivity index (χ3v) is 4.52. The molecule has 19 heavy (non-hydrogen) atoms. The van der Waals surface area contributed by atoms with E-state index in [1.165, 1.54) is 9.75 Å². The van der Waals surface area contributed by atoms with Gasteiger partial charge in [0.15, 0.2) is 0 Å². The second-order valence-corrected chi connectivity index (χ2v) is 6.12. The lowest BCUT2D eigenvalue weighted by atomic mass is 9.96. The predicted molar refractivity (Wildman–Crippen MR) is 77.0 cm³/mol. The van der Waals surface area contributed by atoms with Gasteiger partial charge in [0, 0.05) is 27.8 Å². The van der Waals surface area contributed by atoms with Gasteiger partial charge in [0.25, 0.3) is 0 Å². The zero-order valence-corrected chi connectivity index (χ0v) is 11.9. The number of methoxy groups -OCH3 is 1. The number of hydrogen-bond acceptors (Lipinski definition) is 4. The summed E-state index contributed by atoms with van der Waals surface area (Å²) in [6, 6.07) is 10.1. The first-order valence-electron chi connectivity index (χ1n) is 6.34. The second kappa shape index (κ2) is 4.87. The molecule has 2 atom stereocenters. The lowest BCUT2D eigenvalue weighted by Gasteiger charge is -2.30. The standard InChI is InChI=1S/C15H17NO2S/c1-9-3-6-15(19-9)14-8-12(16)11-7-10(17-2)4-5-13(11)18-14/h3-7,12,14H,8,16H2,1-2H3. The van der Waals surface area contributed by atoms with Crippen LogP contribution >= 0.6 is 11.3 Å². The van der Waals surface area contributed by atoms with Crippen LogP contribution in [0.4, 0.5) is 0 Å². The summed E-state index contributed by atoms with van der Waals surface area (Å²) in [5.74, 6) is 1.69. The van der Waals surface area contributed by atoms with Crippen molar-refractivity contribution in [1.82, 2.24) is 0 Å². The Morgan fingerprint density at radius 1 is 1.32 bits per heavy atom. The molecule has 2 unspecified atom stereocenters. The molecule has 1 aliphatic rings. The van der Waals surface area contributed by atoms with Crippen LogP contribution in [0.15, 0.2) is 30.3 Å². The van der Waals surface area contributed by atoms with Crippen molar-refractivity contribution >= 4 is 11.3 Å². The van der Waals surface area contributed by atoms with Crippen LogP contribution in [0.5, 0.6) is 11.5 Å². The van der Waals surface area contributed by atoms with Gasteiger partial charge in [-0.2, -0.15) is 0 Å². The molecule has 2 N–H and O–H groups in total. The smallest absolute Gasteiger partial charge is 0.135 e. The molecule has 0 saturated heterocycles. The number of thiophene rings is 1. The first kappa shape index (κ1) is 12.5. The topological polar surface area (TPSA) is 44.5 Å². The van der Waals surface area contributed by atoms with E-state index in [2.05, 4.69) is 19.1 Å². The van der Waals surface area contributed by atoms with Gasteiger partial charge >= 0.3 is 0 Å². The van der Waals surface area contributed by atoms with Gasteiger partial charge in [-0.1, -0.05) is 0 Å². The minimum atomic E-state index is -0.00810. The highest BCUT2D eigenvalue weighted by Crippen LogP contribution is 2.42. The Kier molecular flexibility index (Phi) is 3.21. The van der Waals surface area contributed by atoms with Gasteiger partial charge in [0.05, 0.1) is 7.11 Å². The molecule has 3 rings (SSSR count). The first-order valence-corrected chi connectivity index (χ1v) is 7.15. The molecule has 1 aromatic heterocycles. The molecule has 0 amide bonds. The monoisotopic (exact) mass is 275 g/mol. The van der Waals surface area contributed by atoms with Crippen molar-refractivity contribution in [3.63, 3.8) is 0 Å². The number of nitrogens with two attached hydrogens (primary N) is 1. The van der Waals surface area contributed by atoms with Crippen LogP contribution in [0.25, 0.3) is 0 Å². The molecule has 1 aliphatic heterocycles. The van der Waals surface area contributed by atoms with E-state index >= 15 is 0 Å². The molecule has 0 saturated carbocycles. The Morgan fingerprint density at radius 3 is 2.84 bits per heavy atom. The van der Waals surface area contributed by atoms with E-state index in [-0.39, 0.29) is 12.1 Å². The highest BCUT2D eigenvalue weighted by Gasteiger charge is 2.28. The van der Waals surface area contributed by atoms with Gasteiger partial charge in [-0.25, -0.2) is 0 Å². The van der Waals surface area contributed by atoms with E-state index in [1.54, 1.807) is 18.4 Å². The molecule has 1 aromatic carbocycles. The van der Waals surface area contributed by atoms with Gasteiger partial charge in [-0.05, 0) is 37.3 Å². The second-order valence-electron chi connectivity index (χ2n) is 4.80. The molecule has 100 valence electrons. The summed E-state index contributed by atoms with van der Waals surface area (Å²) in [6.07, 6.45) is 0.870.